The third kappa shape index (κ3) is 4.52. The predicted molar refractivity (Wildman–Crippen MR) is 89.5 cm³/mol. The Morgan fingerprint density at radius 3 is 2.60 bits per heavy atom. The number of amides is 1. The molecular formula is C16H22BrNOS. The first-order valence-corrected chi connectivity index (χ1v) is 9.29. The molecule has 1 saturated carbocycles. The van der Waals surface area contributed by atoms with E-state index in [0.29, 0.717) is 5.75 Å². The first-order valence-electron chi connectivity index (χ1n) is 7.18. The van der Waals surface area contributed by atoms with Crippen molar-refractivity contribution in [2.75, 3.05) is 11.1 Å². The summed E-state index contributed by atoms with van der Waals surface area (Å²) in [5, 5.41) is 4.12. The highest BCUT2D eigenvalue weighted by molar-refractivity contribution is 9.09. The lowest BCUT2D eigenvalue weighted by atomic mass is 9.78. The van der Waals surface area contributed by atoms with E-state index in [0.717, 1.165) is 29.0 Å². The Balaban J connectivity index is 1.83. The number of benzene rings is 1. The van der Waals surface area contributed by atoms with Crippen molar-refractivity contribution < 1.29 is 4.79 Å². The van der Waals surface area contributed by atoms with Crippen LogP contribution in [0.25, 0.3) is 0 Å². The van der Waals surface area contributed by atoms with Gasteiger partial charge >= 0.3 is 0 Å². The summed E-state index contributed by atoms with van der Waals surface area (Å²) in [5.41, 5.74) is -0.0269. The molecule has 0 atom stereocenters. The second-order valence-corrected chi connectivity index (χ2v) is 7.36. The lowest BCUT2D eigenvalue weighted by Gasteiger charge is -2.39. The number of carbonyl (C=O) groups is 1. The van der Waals surface area contributed by atoms with Crippen LogP contribution in [0, 0.1) is 5.92 Å². The Bertz CT molecular complexity index is 429. The molecule has 4 heteroatoms. The normalized spacial score (nSPS) is 26.2. The molecule has 0 aromatic heterocycles. The summed E-state index contributed by atoms with van der Waals surface area (Å²) in [6.45, 7) is 2.30. The van der Waals surface area contributed by atoms with Crippen LogP contribution in [-0.4, -0.2) is 22.5 Å². The highest BCUT2D eigenvalue weighted by Gasteiger charge is 2.34. The number of nitrogens with one attached hydrogen (secondary N) is 1. The Labute approximate surface area is 134 Å². The van der Waals surface area contributed by atoms with Gasteiger partial charge in [0.2, 0.25) is 5.91 Å². The van der Waals surface area contributed by atoms with Gasteiger partial charge in [-0.2, -0.15) is 0 Å². The van der Waals surface area contributed by atoms with Crippen molar-refractivity contribution >= 4 is 33.6 Å². The molecule has 1 aliphatic carbocycles. The van der Waals surface area contributed by atoms with Crippen molar-refractivity contribution in [2.45, 2.75) is 43.0 Å². The topological polar surface area (TPSA) is 29.1 Å². The van der Waals surface area contributed by atoms with E-state index in [1.54, 1.807) is 11.8 Å². The number of hydrogen-bond donors (Lipinski definition) is 1. The van der Waals surface area contributed by atoms with Crippen LogP contribution in [0.2, 0.25) is 0 Å². The average Bonchev–Trinajstić information content (AvgIpc) is 2.49. The zero-order chi connectivity index (χ0) is 14.4. The molecule has 0 unspecified atom stereocenters. The molecule has 0 spiro atoms. The summed E-state index contributed by atoms with van der Waals surface area (Å²) < 4.78 is 0. The second-order valence-electron chi connectivity index (χ2n) is 5.75. The van der Waals surface area contributed by atoms with Crippen LogP contribution in [0.4, 0.5) is 0 Å². The van der Waals surface area contributed by atoms with E-state index >= 15 is 0 Å². The second kappa shape index (κ2) is 7.51. The fourth-order valence-electron chi connectivity index (χ4n) is 2.60. The third-order valence-electron chi connectivity index (χ3n) is 4.00. The van der Waals surface area contributed by atoms with Crippen LogP contribution in [0.3, 0.4) is 0 Å². The first-order chi connectivity index (χ1) is 9.63. The highest BCUT2D eigenvalue weighted by Crippen LogP contribution is 2.33. The molecule has 1 aromatic carbocycles. The van der Waals surface area contributed by atoms with Crippen LogP contribution in [0.15, 0.2) is 35.2 Å². The molecular weight excluding hydrogens is 334 g/mol. The standard InChI is InChI=1S/C16H22BrNOS/c1-13-7-9-16(12-17,10-8-13)18-15(19)11-20-14-5-3-2-4-6-14/h2-6,13H,7-12H2,1H3,(H,18,19). The van der Waals surface area contributed by atoms with Crippen molar-refractivity contribution in [3.63, 3.8) is 0 Å². The molecule has 2 nitrogen and oxygen atoms in total. The van der Waals surface area contributed by atoms with E-state index in [-0.39, 0.29) is 11.4 Å². The molecule has 1 aromatic rings. The average molecular weight is 356 g/mol. The fourth-order valence-corrected chi connectivity index (χ4v) is 4.02. The van der Waals surface area contributed by atoms with Crippen molar-refractivity contribution in [2.24, 2.45) is 5.92 Å². The summed E-state index contributed by atoms with van der Waals surface area (Å²) in [6.07, 6.45) is 4.58. The van der Waals surface area contributed by atoms with Crippen molar-refractivity contribution in [1.82, 2.24) is 5.32 Å². The van der Waals surface area contributed by atoms with Crippen LogP contribution in [-0.2, 0) is 4.79 Å². The summed E-state index contributed by atoms with van der Waals surface area (Å²) >= 11 is 5.19. The monoisotopic (exact) mass is 355 g/mol. The maximum atomic E-state index is 12.2. The lowest BCUT2D eigenvalue weighted by Crippen LogP contribution is -2.52. The zero-order valence-electron chi connectivity index (χ0n) is 11.9. The summed E-state index contributed by atoms with van der Waals surface area (Å²) in [7, 11) is 0. The predicted octanol–water partition coefficient (Wildman–Crippen LogP) is 4.24. The summed E-state index contributed by atoms with van der Waals surface area (Å²) in [5.74, 6) is 1.43. The van der Waals surface area contributed by atoms with Gasteiger partial charge in [0, 0.05) is 15.8 Å². The maximum Gasteiger partial charge on any atom is 0.230 e. The Kier molecular flexibility index (Phi) is 5.97. The number of rotatable bonds is 5. The van der Waals surface area contributed by atoms with Crippen molar-refractivity contribution in [3.8, 4) is 0 Å². The molecule has 0 aliphatic heterocycles. The summed E-state index contributed by atoms with van der Waals surface area (Å²) in [6, 6.07) is 10.1. The molecule has 1 N–H and O–H groups in total. The van der Waals surface area contributed by atoms with Gasteiger partial charge in [-0.15, -0.1) is 11.8 Å². The maximum absolute atomic E-state index is 12.2. The molecule has 0 radical (unpaired) electrons. The lowest BCUT2D eigenvalue weighted by molar-refractivity contribution is -0.120. The molecule has 0 heterocycles. The molecule has 110 valence electrons. The van der Waals surface area contributed by atoms with Gasteiger partial charge < -0.3 is 5.32 Å². The Morgan fingerprint density at radius 1 is 1.35 bits per heavy atom. The van der Waals surface area contributed by atoms with Gasteiger partial charge in [-0.1, -0.05) is 41.1 Å². The molecule has 2 rings (SSSR count). The van der Waals surface area contributed by atoms with Crippen LogP contribution in [0.5, 0.6) is 0 Å². The minimum Gasteiger partial charge on any atom is -0.349 e. The largest absolute Gasteiger partial charge is 0.349 e. The van der Waals surface area contributed by atoms with E-state index in [4.69, 9.17) is 0 Å². The van der Waals surface area contributed by atoms with Crippen LogP contribution < -0.4 is 5.32 Å². The quantitative estimate of drug-likeness (QED) is 0.632. The van der Waals surface area contributed by atoms with E-state index in [9.17, 15) is 4.79 Å². The molecule has 20 heavy (non-hydrogen) atoms. The van der Waals surface area contributed by atoms with Crippen LogP contribution in [0.1, 0.15) is 32.6 Å². The van der Waals surface area contributed by atoms with Crippen molar-refractivity contribution in [3.05, 3.63) is 30.3 Å². The smallest absolute Gasteiger partial charge is 0.230 e. The van der Waals surface area contributed by atoms with Gasteiger partial charge in [0.15, 0.2) is 0 Å². The molecule has 1 aliphatic rings. The molecule has 1 amide bonds. The number of halogens is 1. The number of thioether (sulfide) groups is 1. The van der Waals surface area contributed by atoms with Crippen molar-refractivity contribution in [1.29, 1.82) is 0 Å². The summed E-state index contributed by atoms with van der Waals surface area (Å²) in [4.78, 5) is 13.3. The van der Waals surface area contributed by atoms with E-state index in [1.807, 2.05) is 30.3 Å². The molecule has 0 bridgehead atoms. The fraction of sp³-hybridized carbons (Fsp3) is 0.562. The minimum absolute atomic E-state index is 0.0269. The zero-order valence-corrected chi connectivity index (χ0v) is 14.3. The number of alkyl halides is 1. The number of hydrogen-bond acceptors (Lipinski definition) is 2. The Hall–Kier alpha value is -0.480. The van der Waals surface area contributed by atoms with Gasteiger partial charge in [0.1, 0.15) is 0 Å². The van der Waals surface area contributed by atoms with E-state index in [1.165, 1.54) is 12.8 Å². The van der Waals surface area contributed by atoms with Gasteiger partial charge in [0.25, 0.3) is 0 Å². The number of carbonyl (C=O) groups excluding carboxylic acids is 1. The van der Waals surface area contributed by atoms with Gasteiger partial charge in [0.05, 0.1) is 5.75 Å². The first kappa shape index (κ1) is 15.9. The third-order valence-corrected chi connectivity index (χ3v) is 6.09. The van der Waals surface area contributed by atoms with Gasteiger partial charge in [-0.25, -0.2) is 0 Å². The molecule has 1 fully saturated rings. The van der Waals surface area contributed by atoms with E-state index in [2.05, 4.69) is 28.2 Å². The Morgan fingerprint density at radius 2 is 2.00 bits per heavy atom. The van der Waals surface area contributed by atoms with E-state index < -0.39 is 0 Å². The van der Waals surface area contributed by atoms with Gasteiger partial charge in [-0.3, -0.25) is 4.79 Å². The van der Waals surface area contributed by atoms with Crippen LogP contribution >= 0.6 is 27.7 Å². The minimum atomic E-state index is -0.0269. The molecule has 0 saturated heterocycles. The SMILES string of the molecule is CC1CCC(CBr)(NC(=O)CSc2ccccc2)CC1. The van der Waals surface area contributed by atoms with Gasteiger partial charge in [-0.05, 0) is 43.7 Å². The highest BCUT2D eigenvalue weighted by atomic mass is 79.9.